The van der Waals surface area contributed by atoms with E-state index in [2.05, 4.69) is 48.6 Å². The topological polar surface area (TPSA) is 49.8 Å². The van der Waals surface area contributed by atoms with Crippen molar-refractivity contribution in [3.63, 3.8) is 0 Å². The second-order valence-corrected chi connectivity index (χ2v) is 6.63. The number of ether oxygens (including phenoxy) is 1. The molecule has 1 aromatic carbocycles. The van der Waals surface area contributed by atoms with Crippen molar-refractivity contribution in [2.24, 2.45) is 5.92 Å². The van der Waals surface area contributed by atoms with Gasteiger partial charge in [-0.1, -0.05) is 48.6 Å². The van der Waals surface area contributed by atoms with Gasteiger partial charge < -0.3 is 14.7 Å². The van der Waals surface area contributed by atoms with Gasteiger partial charge in [0.2, 0.25) is 0 Å². The molecule has 3 rings (SSSR count). The van der Waals surface area contributed by atoms with E-state index in [1.54, 1.807) is 0 Å². The minimum atomic E-state index is -0.766. The lowest BCUT2D eigenvalue weighted by molar-refractivity contribution is -0.137. The number of carbonyl (C=O) groups is 1. The molecule has 4 heteroatoms. The molecule has 0 saturated carbocycles. The number of allylic oxidation sites excluding steroid dienone is 5. The molecular formula is C21H25NO3. The quantitative estimate of drug-likeness (QED) is 0.826. The van der Waals surface area contributed by atoms with Crippen LogP contribution in [0.1, 0.15) is 24.0 Å². The fraction of sp³-hybridized carbons (Fsp3) is 0.381. The lowest BCUT2D eigenvalue weighted by Gasteiger charge is -2.21. The van der Waals surface area contributed by atoms with Gasteiger partial charge in [-0.05, 0) is 25.5 Å². The van der Waals surface area contributed by atoms with Crippen LogP contribution in [0.3, 0.4) is 0 Å². The molecule has 0 aliphatic heterocycles. The Hall–Kier alpha value is -2.33. The summed E-state index contributed by atoms with van der Waals surface area (Å²) in [7, 11) is 1.93. The SMILES string of the molecule is CN(CCOC1=C2C=CC=CC2CCc2ccccc21)CCC(=O)O. The molecule has 1 atom stereocenters. The van der Waals surface area contributed by atoms with Crippen LogP contribution < -0.4 is 0 Å². The number of likely N-dealkylation sites (N-methyl/N-ethyl adjacent to an activating group) is 1. The Balaban J connectivity index is 1.74. The van der Waals surface area contributed by atoms with Crippen molar-refractivity contribution in [3.05, 3.63) is 65.3 Å². The third-order valence-corrected chi connectivity index (χ3v) is 4.81. The number of carboxylic acid groups (broad SMARTS) is 1. The van der Waals surface area contributed by atoms with Crippen LogP contribution in [0.15, 0.2) is 54.1 Å². The van der Waals surface area contributed by atoms with Crippen LogP contribution in [-0.2, 0) is 16.0 Å². The van der Waals surface area contributed by atoms with Crippen molar-refractivity contribution in [1.82, 2.24) is 4.90 Å². The highest BCUT2D eigenvalue weighted by Gasteiger charge is 2.24. The van der Waals surface area contributed by atoms with E-state index in [-0.39, 0.29) is 6.42 Å². The maximum Gasteiger partial charge on any atom is 0.304 e. The Bertz CT molecular complexity index is 718. The molecule has 1 aromatic rings. The Kier molecular flexibility index (Phi) is 5.71. The van der Waals surface area contributed by atoms with Crippen molar-refractivity contribution < 1.29 is 14.6 Å². The Morgan fingerprint density at radius 2 is 2.12 bits per heavy atom. The molecule has 0 bridgehead atoms. The molecule has 25 heavy (non-hydrogen) atoms. The molecule has 0 heterocycles. The van der Waals surface area contributed by atoms with Crippen LogP contribution in [0.5, 0.6) is 0 Å². The van der Waals surface area contributed by atoms with Gasteiger partial charge in [-0.25, -0.2) is 0 Å². The summed E-state index contributed by atoms with van der Waals surface area (Å²) >= 11 is 0. The monoisotopic (exact) mass is 339 g/mol. The minimum absolute atomic E-state index is 0.156. The molecule has 0 radical (unpaired) electrons. The lowest BCUT2D eigenvalue weighted by Crippen LogP contribution is -2.25. The van der Waals surface area contributed by atoms with Gasteiger partial charge in [0.15, 0.2) is 0 Å². The van der Waals surface area contributed by atoms with E-state index in [0.29, 0.717) is 25.6 Å². The predicted octanol–water partition coefficient (Wildman–Crippen LogP) is 3.51. The van der Waals surface area contributed by atoms with Crippen LogP contribution in [0.2, 0.25) is 0 Å². The summed E-state index contributed by atoms with van der Waals surface area (Å²) in [6.07, 6.45) is 10.9. The van der Waals surface area contributed by atoms with Gasteiger partial charge in [0.25, 0.3) is 0 Å². The summed E-state index contributed by atoms with van der Waals surface area (Å²) in [5, 5.41) is 8.78. The van der Waals surface area contributed by atoms with Crippen molar-refractivity contribution in [3.8, 4) is 0 Å². The fourth-order valence-electron chi connectivity index (χ4n) is 3.37. The van der Waals surface area contributed by atoms with Gasteiger partial charge in [0.1, 0.15) is 12.4 Å². The fourth-order valence-corrected chi connectivity index (χ4v) is 3.37. The summed E-state index contributed by atoms with van der Waals surface area (Å²) in [5.41, 5.74) is 3.77. The van der Waals surface area contributed by atoms with Crippen LogP contribution in [0, 0.1) is 5.92 Å². The average molecular weight is 339 g/mol. The number of hydrogen-bond donors (Lipinski definition) is 1. The molecule has 1 N–H and O–H groups in total. The molecule has 0 saturated heterocycles. The van der Waals surface area contributed by atoms with Gasteiger partial charge in [0, 0.05) is 30.1 Å². The Morgan fingerprint density at radius 1 is 1.28 bits per heavy atom. The summed E-state index contributed by atoms with van der Waals surface area (Å²) < 4.78 is 6.24. The van der Waals surface area contributed by atoms with Gasteiger partial charge in [-0.2, -0.15) is 0 Å². The minimum Gasteiger partial charge on any atom is -0.491 e. The van der Waals surface area contributed by atoms with Gasteiger partial charge in [0.05, 0.1) is 6.42 Å². The molecule has 0 fully saturated rings. The van der Waals surface area contributed by atoms with Crippen molar-refractivity contribution in [1.29, 1.82) is 0 Å². The highest BCUT2D eigenvalue weighted by Crippen LogP contribution is 2.37. The number of carboxylic acids is 1. The van der Waals surface area contributed by atoms with Gasteiger partial charge in [-0.15, -0.1) is 0 Å². The zero-order chi connectivity index (χ0) is 17.6. The zero-order valence-electron chi connectivity index (χ0n) is 14.6. The first kappa shape index (κ1) is 17.5. The molecule has 2 aliphatic rings. The maximum absolute atomic E-state index is 10.7. The molecule has 0 aromatic heterocycles. The van der Waals surface area contributed by atoms with Crippen molar-refractivity contribution in [2.75, 3.05) is 26.7 Å². The Labute approximate surface area is 149 Å². The van der Waals surface area contributed by atoms with Crippen LogP contribution in [0.25, 0.3) is 5.76 Å². The van der Waals surface area contributed by atoms with Crippen LogP contribution >= 0.6 is 0 Å². The molecule has 0 amide bonds. The molecule has 4 nitrogen and oxygen atoms in total. The number of hydrogen-bond acceptors (Lipinski definition) is 3. The van der Waals surface area contributed by atoms with Gasteiger partial charge >= 0.3 is 5.97 Å². The number of benzene rings is 1. The lowest BCUT2D eigenvalue weighted by atomic mass is 9.90. The van der Waals surface area contributed by atoms with E-state index in [1.165, 1.54) is 16.7 Å². The first-order chi connectivity index (χ1) is 12.1. The molecular weight excluding hydrogens is 314 g/mol. The van der Waals surface area contributed by atoms with E-state index in [9.17, 15) is 4.79 Å². The van der Waals surface area contributed by atoms with Crippen molar-refractivity contribution >= 4 is 11.7 Å². The predicted molar refractivity (Wildman–Crippen MR) is 99.2 cm³/mol. The van der Waals surface area contributed by atoms with E-state index >= 15 is 0 Å². The highest BCUT2D eigenvalue weighted by atomic mass is 16.5. The third-order valence-electron chi connectivity index (χ3n) is 4.81. The molecule has 0 spiro atoms. The highest BCUT2D eigenvalue weighted by molar-refractivity contribution is 5.71. The first-order valence-corrected chi connectivity index (χ1v) is 8.85. The molecule has 2 aliphatic carbocycles. The van der Waals surface area contributed by atoms with Crippen LogP contribution in [0.4, 0.5) is 0 Å². The summed E-state index contributed by atoms with van der Waals surface area (Å²) in [6.45, 7) is 1.79. The Morgan fingerprint density at radius 3 is 2.96 bits per heavy atom. The van der Waals surface area contributed by atoms with E-state index < -0.39 is 5.97 Å². The number of rotatable bonds is 7. The maximum atomic E-state index is 10.7. The first-order valence-electron chi connectivity index (χ1n) is 8.85. The van der Waals surface area contributed by atoms with E-state index in [4.69, 9.17) is 9.84 Å². The second kappa shape index (κ2) is 8.17. The second-order valence-electron chi connectivity index (χ2n) is 6.63. The summed E-state index contributed by atoms with van der Waals surface area (Å²) in [4.78, 5) is 12.7. The number of fused-ring (bicyclic) bond motifs is 2. The summed E-state index contributed by atoms with van der Waals surface area (Å²) in [6, 6.07) is 8.47. The number of nitrogens with zero attached hydrogens (tertiary/aromatic N) is 1. The summed E-state index contributed by atoms with van der Waals surface area (Å²) in [5.74, 6) is 0.611. The van der Waals surface area contributed by atoms with E-state index in [0.717, 1.165) is 18.6 Å². The average Bonchev–Trinajstić information content (AvgIpc) is 2.78. The number of aliphatic carboxylic acids is 1. The normalized spacial score (nSPS) is 18.7. The van der Waals surface area contributed by atoms with Crippen molar-refractivity contribution in [2.45, 2.75) is 19.3 Å². The zero-order valence-corrected chi connectivity index (χ0v) is 14.6. The third kappa shape index (κ3) is 4.40. The largest absolute Gasteiger partial charge is 0.491 e. The molecule has 1 unspecified atom stereocenters. The number of aryl methyl sites for hydroxylation is 1. The molecule has 132 valence electrons. The smallest absolute Gasteiger partial charge is 0.304 e. The standard InChI is InChI=1S/C21H25NO3/c1-22(13-12-20(23)24)14-15-25-21-18-8-4-2-6-16(18)10-11-17-7-3-5-9-19(17)21/h2-9,16H,10-15H2,1H3,(H,23,24). The van der Waals surface area contributed by atoms with E-state index in [1.807, 2.05) is 11.9 Å². The van der Waals surface area contributed by atoms with Crippen LogP contribution in [-0.4, -0.2) is 42.7 Å². The van der Waals surface area contributed by atoms with Gasteiger partial charge in [-0.3, -0.25) is 4.79 Å².